The van der Waals surface area contributed by atoms with Gasteiger partial charge in [-0.2, -0.15) is 0 Å². The van der Waals surface area contributed by atoms with Crippen molar-refractivity contribution in [1.29, 1.82) is 0 Å². The van der Waals surface area contributed by atoms with Crippen LogP contribution >= 0.6 is 7.14 Å². The third-order valence-corrected chi connectivity index (χ3v) is 7.58. The van der Waals surface area contributed by atoms with Crippen LogP contribution in [0.2, 0.25) is 0 Å². The first-order valence-electron chi connectivity index (χ1n) is 8.59. The third-order valence-electron chi connectivity index (χ3n) is 4.43. The number of aliphatic hydroxyl groups is 1. The summed E-state index contributed by atoms with van der Waals surface area (Å²) in [7, 11) is -2.94. The van der Waals surface area contributed by atoms with Crippen LogP contribution in [0.4, 0.5) is 0 Å². The van der Waals surface area contributed by atoms with Crippen LogP contribution in [0.5, 0.6) is 0 Å². The first-order chi connectivity index (χ1) is 12.1. The number of aliphatic hydroxyl groups excluding tert-OH is 1. The van der Waals surface area contributed by atoms with Gasteiger partial charge in [0.25, 0.3) is 0 Å². The summed E-state index contributed by atoms with van der Waals surface area (Å²) in [6.45, 7) is 1.75. The van der Waals surface area contributed by atoms with E-state index in [0.717, 1.165) is 27.9 Å². The Labute approximate surface area is 149 Å². The summed E-state index contributed by atoms with van der Waals surface area (Å²) >= 11 is 0. The van der Waals surface area contributed by atoms with Crippen LogP contribution in [0, 0.1) is 0 Å². The maximum absolute atomic E-state index is 14.4. The fourth-order valence-corrected chi connectivity index (χ4v) is 5.86. The molecule has 1 N–H and O–H groups in total. The number of rotatable bonds is 4. The Morgan fingerprint density at radius 1 is 0.920 bits per heavy atom. The molecule has 0 spiro atoms. The van der Waals surface area contributed by atoms with Gasteiger partial charge in [-0.05, 0) is 25.3 Å². The van der Waals surface area contributed by atoms with Crippen molar-refractivity contribution in [1.82, 2.24) is 0 Å². The Bertz CT molecular complexity index is 849. The summed E-state index contributed by atoms with van der Waals surface area (Å²) in [6, 6.07) is 9.69. The molecule has 0 fully saturated rings. The zero-order chi connectivity index (χ0) is 17.7. The lowest BCUT2D eigenvalue weighted by Crippen LogP contribution is -2.07. The van der Waals surface area contributed by atoms with E-state index in [1.165, 1.54) is 0 Å². The van der Waals surface area contributed by atoms with Crippen molar-refractivity contribution in [2.24, 2.45) is 0 Å². The summed E-state index contributed by atoms with van der Waals surface area (Å²) in [5.41, 5.74) is 0.859. The molecular formula is C22H23O2P. The van der Waals surface area contributed by atoms with Gasteiger partial charge in [0.15, 0.2) is 7.14 Å². The quantitative estimate of drug-likeness (QED) is 0.755. The summed E-state index contributed by atoms with van der Waals surface area (Å²) < 4.78 is 14.4. The van der Waals surface area contributed by atoms with E-state index in [-0.39, 0.29) is 0 Å². The average Bonchev–Trinajstić information content (AvgIpc) is 3.05. The highest BCUT2D eigenvalue weighted by Crippen LogP contribution is 2.61. The molecule has 2 aliphatic rings. The molecule has 2 unspecified atom stereocenters. The van der Waals surface area contributed by atoms with E-state index in [2.05, 4.69) is 12.2 Å². The zero-order valence-electron chi connectivity index (χ0n) is 14.4. The summed E-state index contributed by atoms with van der Waals surface area (Å²) in [5.74, 6) is 0. The molecule has 2 aliphatic carbocycles. The Kier molecular flexibility index (Phi) is 5.53. The van der Waals surface area contributed by atoms with Crippen LogP contribution in [-0.2, 0) is 4.57 Å². The first kappa shape index (κ1) is 17.7. The van der Waals surface area contributed by atoms with E-state index in [0.29, 0.717) is 6.42 Å². The minimum absolute atomic E-state index is 0.527. The Morgan fingerprint density at radius 3 is 2.40 bits per heavy atom. The largest absolute Gasteiger partial charge is 0.389 e. The normalized spacial score (nSPS) is 20.6. The molecular weight excluding hydrogens is 327 g/mol. The highest BCUT2D eigenvalue weighted by atomic mass is 31.2. The van der Waals surface area contributed by atoms with Crippen LogP contribution in [-0.4, -0.2) is 11.2 Å². The van der Waals surface area contributed by atoms with E-state index in [1.54, 1.807) is 6.92 Å². The molecule has 0 saturated carbocycles. The summed E-state index contributed by atoms with van der Waals surface area (Å²) in [4.78, 5) is 0. The van der Waals surface area contributed by atoms with Gasteiger partial charge >= 0.3 is 0 Å². The lowest BCUT2D eigenvalue weighted by atomic mass is 10.1. The number of hydrogen-bond donors (Lipinski definition) is 1. The molecule has 25 heavy (non-hydrogen) atoms. The van der Waals surface area contributed by atoms with E-state index >= 15 is 0 Å². The van der Waals surface area contributed by atoms with E-state index < -0.39 is 13.2 Å². The van der Waals surface area contributed by atoms with Gasteiger partial charge in [0.2, 0.25) is 0 Å². The smallest absolute Gasteiger partial charge is 0.170 e. The number of hydrogen-bond acceptors (Lipinski definition) is 2. The second-order valence-corrected chi connectivity index (χ2v) is 8.94. The van der Waals surface area contributed by atoms with Gasteiger partial charge in [0.1, 0.15) is 0 Å². The van der Waals surface area contributed by atoms with Gasteiger partial charge in [0.05, 0.1) is 6.10 Å². The van der Waals surface area contributed by atoms with Gasteiger partial charge in [0, 0.05) is 15.9 Å². The lowest BCUT2D eigenvalue weighted by molar-refractivity contribution is 0.235. The average molecular weight is 350 g/mol. The van der Waals surface area contributed by atoms with Gasteiger partial charge in [-0.25, -0.2) is 0 Å². The predicted molar refractivity (Wildman–Crippen MR) is 106 cm³/mol. The van der Waals surface area contributed by atoms with E-state index in [4.69, 9.17) is 0 Å². The van der Waals surface area contributed by atoms with Crippen LogP contribution in [0.3, 0.4) is 0 Å². The standard InChI is InChI=1S/C22H23O2P/c1-18(23)19-10-9-15-22(17-16-19)25(24,21-13-7-4-8-14-21)20-11-5-2-3-6-12-20/h2-5,7-8,10-18,23H,6,9H2,1H3. The Hall–Kier alpha value is -2.15. The van der Waals surface area contributed by atoms with Gasteiger partial charge in [-0.3, -0.25) is 0 Å². The molecule has 3 heteroatoms. The molecule has 1 aromatic carbocycles. The molecule has 128 valence electrons. The van der Waals surface area contributed by atoms with Crippen LogP contribution in [0.15, 0.2) is 101 Å². The fraction of sp³-hybridized carbons (Fsp3) is 0.182. The topological polar surface area (TPSA) is 37.3 Å². The van der Waals surface area contributed by atoms with Crippen molar-refractivity contribution >= 4 is 12.4 Å². The maximum atomic E-state index is 14.4. The zero-order valence-corrected chi connectivity index (χ0v) is 15.3. The summed E-state index contributed by atoms with van der Waals surface area (Å²) in [5, 5.41) is 12.4. The van der Waals surface area contributed by atoms with E-state index in [1.807, 2.05) is 72.9 Å². The minimum atomic E-state index is -2.94. The fourth-order valence-electron chi connectivity index (χ4n) is 3.06. The van der Waals surface area contributed by atoms with Crippen LogP contribution in [0.25, 0.3) is 0 Å². The van der Waals surface area contributed by atoms with Crippen molar-refractivity contribution in [3.8, 4) is 0 Å². The SMILES string of the molecule is CC(O)C1=CCC=C(P(=O)(C2=CCC=CC=C2)c2ccccc2)C=C1. The molecule has 2 nitrogen and oxygen atoms in total. The first-order valence-corrected chi connectivity index (χ1v) is 10.3. The van der Waals surface area contributed by atoms with Crippen LogP contribution < -0.4 is 5.30 Å². The van der Waals surface area contributed by atoms with Crippen molar-refractivity contribution in [3.05, 3.63) is 101 Å². The third kappa shape index (κ3) is 3.76. The Balaban J connectivity index is 2.11. The molecule has 3 rings (SSSR count). The van der Waals surface area contributed by atoms with Gasteiger partial charge in [-0.1, -0.05) is 85.0 Å². The van der Waals surface area contributed by atoms with Crippen molar-refractivity contribution in [3.63, 3.8) is 0 Å². The second-order valence-electron chi connectivity index (χ2n) is 6.17. The molecule has 1 aromatic rings. The lowest BCUT2D eigenvalue weighted by Gasteiger charge is -2.21. The number of allylic oxidation sites excluding steroid dienone is 10. The predicted octanol–water partition coefficient (Wildman–Crippen LogP) is 5.23. The molecule has 0 heterocycles. The van der Waals surface area contributed by atoms with Gasteiger partial charge in [-0.15, -0.1) is 0 Å². The molecule has 0 aromatic heterocycles. The molecule has 0 amide bonds. The number of benzene rings is 1. The van der Waals surface area contributed by atoms with Crippen LogP contribution in [0.1, 0.15) is 19.8 Å². The molecule has 0 bridgehead atoms. The highest BCUT2D eigenvalue weighted by Gasteiger charge is 2.31. The van der Waals surface area contributed by atoms with Gasteiger partial charge < -0.3 is 9.67 Å². The molecule has 0 aliphatic heterocycles. The second kappa shape index (κ2) is 7.82. The van der Waals surface area contributed by atoms with Crippen molar-refractivity contribution in [2.45, 2.75) is 25.9 Å². The monoisotopic (exact) mass is 350 g/mol. The van der Waals surface area contributed by atoms with Crippen molar-refractivity contribution in [2.75, 3.05) is 0 Å². The van der Waals surface area contributed by atoms with E-state index in [9.17, 15) is 9.67 Å². The summed E-state index contributed by atoms with van der Waals surface area (Å²) in [6.07, 6.45) is 18.7. The minimum Gasteiger partial charge on any atom is -0.389 e. The van der Waals surface area contributed by atoms with Crippen molar-refractivity contribution < 1.29 is 9.67 Å². The molecule has 0 saturated heterocycles. The Morgan fingerprint density at radius 2 is 1.64 bits per heavy atom. The molecule has 2 atom stereocenters. The highest BCUT2D eigenvalue weighted by molar-refractivity contribution is 7.79. The molecule has 0 radical (unpaired) electrons. The maximum Gasteiger partial charge on any atom is 0.170 e.